The van der Waals surface area contributed by atoms with Gasteiger partial charge in [0.15, 0.2) is 0 Å². The van der Waals surface area contributed by atoms with Crippen molar-refractivity contribution in [3.8, 4) is 0 Å². The summed E-state index contributed by atoms with van der Waals surface area (Å²) < 4.78 is 0. The molecule has 1 aliphatic heterocycles. The molecule has 1 heterocycles. The van der Waals surface area contributed by atoms with Crippen molar-refractivity contribution in [1.82, 2.24) is 10.2 Å². The van der Waals surface area contributed by atoms with E-state index >= 15 is 0 Å². The van der Waals surface area contributed by atoms with E-state index in [0.29, 0.717) is 13.0 Å². The first kappa shape index (κ1) is 15.9. The Morgan fingerprint density at radius 2 is 2.04 bits per heavy atom. The van der Waals surface area contributed by atoms with Crippen LogP contribution in [0.5, 0.6) is 0 Å². The Morgan fingerprint density at radius 3 is 2.78 bits per heavy atom. The average molecular weight is 328 g/mol. The summed E-state index contributed by atoms with van der Waals surface area (Å²) in [5.41, 5.74) is 1.09. The minimum absolute atomic E-state index is 0.0182. The van der Waals surface area contributed by atoms with E-state index in [-0.39, 0.29) is 17.2 Å². The first-order chi connectivity index (χ1) is 11.1. The maximum absolute atomic E-state index is 12.1. The first-order valence-electron chi connectivity index (χ1n) is 7.83. The third-order valence-corrected chi connectivity index (χ3v) is 5.00. The number of nitrogens with one attached hydrogen (secondary N) is 1. The van der Waals surface area contributed by atoms with Gasteiger partial charge in [0, 0.05) is 25.3 Å². The second-order valence-electron chi connectivity index (χ2n) is 5.75. The van der Waals surface area contributed by atoms with Crippen LogP contribution in [0.4, 0.5) is 4.79 Å². The number of carbonyl (C=O) groups excluding carboxylic acids is 2. The lowest BCUT2D eigenvalue weighted by atomic mass is 10.0. The SMILES string of the molecule is CC(NC(=O)CCN1CCSC1=O)c1ccc2ccccc2c1. The zero-order valence-electron chi connectivity index (χ0n) is 13.1. The molecule has 0 bridgehead atoms. The van der Waals surface area contributed by atoms with Crippen molar-refractivity contribution in [2.75, 3.05) is 18.8 Å². The minimum Gasteiger partial charge on any atom is -0.350 e. The molecule has 0 saturated carbocycles. The molecule has 120 valence electrons. The Morgan fingerprint density at radius 1 is 1.26 bits per heavy atom. The second-order valence-corrected chi connectivity index (χ2v) is 6.79. The fraction of sp³-hybridized carbons (Fsp3) is 0.333. The summed E-state index contributed by atoms with van der Waals surface area (Å²) in [5, 5.41) is 5.47. The number of thioether (sulfide) groups is 1. The van der Waals surface area contributed by atoms with Crippen molar-refractivity contribution in [3.63, 3.8) is 0 Å². The molecule has 1 atom stereocenters. The Bertz CT molecular complexity index is 732. The highest BCUT2D eigenvalue weighted by Crippen LogP contribution is 2.21. The van der Waals surface area contributed by atoms with Crippen molar-refractivity contribution in [1.29, 1.82) is 0 Å². The Balaban J connectivity index is 1.57. The number of carbonyl (C=O) groups is 2. The lowest BCUT2D eigenvalue weighted by molar-refractivity contribution is -0.121. The smallest absolute Gasteiger partial charge is 0.281 e. The molecule has 4 nitrogen and oxygen atoms in total. The highest BCUT2D eigenvalue weighted by atomic mass is 32.2. The van der Waals surface area contributed by atoms with E-state index in [4.69, 9.17) is 0 Å². The van der Waals surface area contributed by atoms with Crippen LogP contribution in [0.25, 0.3) is 10.8 Å². The Kier molecular flexibility index (Phi) is 4.86. The molecule has 0 radical (unpaired) electrons. The van der Waals surface area contributed by atoms with Crippen LogP contribution in [-0.2, 0) is 4.79 Å². The molecule has 1 N–H and O–H groups in total. The third kappa shape index (κ3) is 3.85. The quantitative estimate of drug-likeness (QED) is 0.913. The molecule has 1 fully saturated rings. The predicted octanol–water partition coefficient (Wildman–Crippen LogP) is 3.58. The Hall–Kier alpha value is -2.01. The van der Waals surface area contributed by atoms with Gasteiger partial charge in [0.1, 0.15) is 0 Å². The van der Waals surface area contributed by atoms with Crippen LogP contribution in [0, 0.1) is 0 Å². The number of hydrogen-bond acceptors (Lipinski definition) is 3. The molecule has 1 unspecified atom stereocenters. The molecule has 0 aliphatic carbocycles. The molecular formula is C18H20N2O2S. The molecule has 0 spiro atoms. The van der Waals surface area contributed by atoms with Gasteiger partial charge in [0.25, 0.3) is 5.24 Å². The molecular weight excluding hydrogens is 308 g/mol. The highest BCUT2D eigenvalue weighted by molar-refractivity contribution is 8.13. The molecule has 0 aromatic heterocycles. The van der Waals surface area contributed by atoms with E-state index in [1.54, 1.807) is 4.90 Å². The van der Waals surface area contributed by atoms with Crippen LogP contribution in [0.2, 0.25) is 0 Å². The molecule has 1 aliphatic rings. The third-order valence-electron chi connectivity index (χ3n) is 4.10. The van der Waals surface area contributed by atoms with Crippen LogP contribution in [0.1, 0.15) is 24.9 Å². The van der Waals surface area contributed by atoms with Crippen LogP contribution >= 0.6 is 11.8 Å². The fourth-order valence-electron chi connectivity index (χ4n) is 2.74. The second kappa shape index (κ2) is 7.04. The van der Waals surface area contributed by atoms with Gasteiger partial charge in [-0.2, -0.15) is 0 Å². The monoisotopic (exact) mass is 328 g/mol. The van der Waals surface area contributed by atoms with Gasteiger partial charge in [-0.25, -0.2) is 0 Å². The molecule has 1 saturated heterocycles. The number of nitrogens with zero attached hydrogens (tertiary/aromatic N) is 1. The van der Waals surface area contributed by atoms with Gasteiger partial charge >= 0.3 is 0 Å². The average Bonchev–Trinajstić information content (AvgIpc) is 2.97. The number of amides is 2. The van der Waals surface area contributed by atoms with Gasteiger partial charge in [-0.15, -0.1) is 0 Å². The van der Waals surface area contributed by atoms with E-state index in [1.807, 2.05) is 25.1 Å². The lowest BCUT2D eigenvalue weighted by Gasteiger charge is -2.17. The van der Waals surface area contributed by atoms with Gasteiger partial charge in [-0.3, -0.25) is 9.59 Å². The maximum atomic E-state index is 12.1. The maximum Gasteiger partial charge on any atom is 0.281 e. The first-order valence-corrected chi connectivity index (χ1v) is 8.82. The van der Waals surface area contributed by atoms with Crippen LogP contribution in [0.3, 0.4) is 0 Å². The van der Waals surface area contributed by atoms with Crippen molar-refractivity contribution in [3.05, 3.63) is 48.0 Å². The van der Waals surface area contributed by atoms with Crippen LogP contribution in [0.15, 0.2) is 42.5 Å². The van der Waals surface area contributed by atoms with Crippen molar-refractivity contribution < 1.29 is 9.59 Å². The van der Waals surface area contributed by atoms with Gasteiger partial charge in [0.05, 0.1) is 6.04 Å². The lowest BCUT2D eigenvalue weighted by Crippen LogP contribution is -2.32. The summed E-state index contributed by atoms with van der Waals surface area (Å²) in [6, 6.07) is 14.4. The normalized spacial score (nSPS) is 15.9. The van der Waals surface area contributed by atoms with E-state index in [0.717, 1.165) is 17.9 Å². The van der Waals surface area contributed by atoms with Crippen molar-refractivity contribution in [2.45, 2.75) is 19.4 Å². The summed E-state index contributed by atoms with van der Waals surface area (Å²) in [6.45, 7) is 3.23. The summed E-state index contributed by atoms with van der Waals surface area (Å²) in [6.07, 6.45) is 0.351. The van der Waals surface area contributed by atoms with E-state index in [9.17, 15) is 9.59 Å². The van der Waals surface area contributed by atoms with Gasteiger partial charge in [0.2, 0.25) is 5.91 Å². The molecule has 2 amide bonds. The number of fused-ring (bicyclic) bond motifs is 1. The molecule has 23 heavy (non-hydrogen) atoms. The fourth-order valence-corrected chi connectivity index (χ4v) is 3.59. The molecule has 2 aromatic carbocycles. The van der Waals surface area contributed by atoms with E-state index < -0.39 is 0 Å². The summed E-state index contributed by atoms with van der Waals surface area (Å²) in [5.74, 6) is 0.809. The van der Waals surface area contributed by atoms with Crippen LogP contribution < -0.4 is 5.32 Å². The topological polar surface area (TPSA) is 49.4 Å². The summed E-state index contributed by atoms with van der Waals surface area (Å²) in [4.78, 5) is 25.4. The van der Waals surface area contributed by atoms with Gasteiger partial charge < -0.3 is 10.2 Å². The highest BCUT2D eigenvalue weighted by Gasteiger charge is 2.21. The van der Waals surface area contributed by atoms with Crippen molar-refractivity contribution >= 4 is 33.7 Å². The number of rotatable bonds is 5. The van der Waals surface area contributed by atoms with Crippen molar-refractivity contribution in [2.24, 2.45) is 0 Å². The van der Waals surface area contributed by atoms with Crippen LogP contribution in [-0.4, -0.2) is 34.9 Å². The zero-order chi connectivity index (χ0) is 16.2. The Labute approximate surface area is 140 Å². The largest absolute Gasteiger partial charge is 0.350 e. The zero-order valence-corrected chi connectivity index (χ0v) is 13.9. The minimum atomic E-state index is -0.0456. The molecule has 5 heteroatoms. The predicted molar refractivity (Wildman–Crippen MR) is 94.5 cm³/mol. The number of hydrogen-bond donors (Lipinski definition) is 1. The number of benzene rings is 2. The molecule has 2 aromatic rings. The van der Waals surface area contributed by atoms with E-state index in [2.05, 4.69) is 29.6 Å². The standard InChI is InChI=1S/C18H20N2O2S/c1-13(15-7-6-14-4-2-3-5-16(14)12-15)19-17(21)8-9-20-10-11-23-18(20)22/h2-7,12-13H,8-11H2,1H3,(H,19,21). The van der Waals surface area contributed by atoms with E-state index in [1.165, 1.54) is 22.5 Å². The van der Waals surface area contributed by atoms with Gasteiger partial charge in [-0.1, -0.05) is 48.2 Å². The summed E-state index contributed by atoms with van der Waals surface area (Å²) >= 11 is 1.32. The summed E-state index contributed by atoms with van der Waals surface area (Å²) in [7, 11) is 0. The van der Waals surface area contributed by atoms with Gasteiger partial charge in [-0.05, 0) is 29.3 Å². The molecule has 3 rings (SSSR count).